The van der Waals surface area contributed by atoms with E-state index in [1.54, 1.807) is 19.1 Å². The van der Waals surface area contributed by atoms with Gasteiger partial charge in [-0.3, -0.25) is 4.79 Å². The Bertz CT molecular complexity index is 403. The second-order valence-electron chi connectivity index (χ2n) is 4.81. The van der Waals surface area contributed by atoms with Crippen LogP contribution in [0.5, 0.6) is 0 Å². The maximum absolute atomic E-state index is 13.7. The second-order valence-corrected chi connectivity index (χ2v) is 4.81. The Morgan fingerprint density at radius 3 is 2.78 bits per heavy atom. The minimum Gasteiger partial charge on any atom is -0.349 e. The fourth-order valence-corrected chi connectivity index (χ4v) is 1.90. The van der Waals surface area contributed by atoms with Gasteiger partial charge in [-0.05, 0) is 31.9 Å². The third-order valence-corrected chi connectivity index (χ3v) is 3.05. The van der Waals surface area contributed by atoms with Crippen molar-refractivity contribution < 1.29 is 9.18 Å². The summed E-state index contributed by atoms with van der Waals surface area (Å²) in [6.45, 7) is 5.77. The van der Waals surface area contributed by atoms with Crippen LogP contribution in [0, 0.1) is 12.7 Å². The van der Waals surface area contributed by atoms with Crippen LogP contribution in [0.15, 0.2) is 18.2 Å². The topological polar surface area (TPSA) is 29.1 Å². The molecule has 1 aromatic rings. The highest BCUT2D eigenvalue weighted by Crippen LogP contribution is 2.12. The quantitative estimate of drug-likeness (QED) is 0.765. The predicted octanol–water partition coefficient (Wildman–Crippen LogP) is 3.83. The standard InChI is InChI=1S/C15H22FNO/c1-4-5-6-9-12(3)17-15(18)13-10-7-8-11(2)14(13)16/h7-8,10,12H,4-6,9H2,1-3H3,(H,17,18). The van der Waals surface area contributed by atoms with Crippen molar-refractivity contribution >= 4 is 5.91 Å². The van der Waals surface area contributed by atoms with Gasteiger partial charge in [0.25, 0.3) is 5.91 Å². The number of amides is 1. The predicted molar refractivity (Wildman–Crippen MR) is 72.2 cm³/mol. The van der Waals surface area contributed by atoms with Crippen molar-refractivity contribution in [3.05, 3.63) is 35.1 Å². The summed E-state index contributed by atoms with van der Waals surface area (Å²) in [7, 11) is 0. The highest BCUT2D eigenvalue weighted by atomic mass is 19.1. The molecule has 1 atom stereocenters. The van der Waals surface area contributed by atoms with Crippen molar-refractivity contribution in [3.63, 3.8) is 0 Å². The van der Waals surface area contributed by atoms with Gasteiger partial charge >= 0.3 is 0 Å². The summed E-state index contributed by atoms with van der Waals surface area (Å²) >= 11 is 0. The van der Waals surface area contributed by atoms with E-state index in [4.69, 9.17) is 0 Å². The minimum absolute atomic E-state index is 0.0870. The fraction of sp³-hybridized carbons (Fsp3) is 0.533. The van der Waals surface area contributed by atoms with Crippen LogP contribution in [0.1, 0.15) is 55.5 Å². The molecular formula is C15H22FNO. The van der Waals surface area contributed by atoms with Crippen LogP contribution in [0.25, 0.3) is 0 Å². The van der Waals surface area contributed by atoms with Crippen molar-refractivity contribution in [1.82, 2.24) is 5.32 Å². The number of benzene rings is 1. The molecule has 0 saturated heterocycles. The van der Waals surface area contributed by atoms with Gasteiger partial charge in [0.05, 0.1) is 5.56 Å². The van der Waals surface area contributed by atoms with Gasteiger partial charge in [-0.25, -0.2) is 4.39 Å². The summed E-state index contributed by atoms with van der Waals surface area (Å²) in [6.07, 6.45) is 4.35. The average Bonchev–Trinajstić information content (AvgIpc) is 2.32. The zero-order chi connectivity index (χ0) is 13.5. The molecule has 0 aliphatic rings. The molecule has 1 aromatic carbocycles. The van der Waals surface area contributed by atoms with E-state index in [2.05, 4.69) is 12.2 Å². The van der Waals surface area contributed by atoms with E-state index in [0.717, 1.165) is 19.3 Å². The third kappa shape index (κ3) is 4.13. The smallest absolute Gasteiger partial charge is 0.254 e. The first-order valence-electron chi connectivity index (χ1n) is 6.62. The molecule has 100 valence electrons. The molecule has 0 heterocycles. The molecule has 0 aromatic heterocycles. The van der Waals surface area contributed by atoms with E-state index >= 15 is 0 Å². The van der Waals surface area contributed by atoms with Gasteiger partial charge < -0.3 is 5.32 Å². The molecule has 18 heavy (non-hydrogen) atoms. The molecule has 0 fully saturated rings. The zero-order valence-corrected chi connectivity index (χ0v) is 11.4. The molecule has 0 spiro atoms. The summed E-state index contributed by atoms with van der Waals surface area (Å²) in [5.41, 5.74) is 0.638. The van der Waals surface area contributed by atoms with Crippen LogP contribution in [0.3, 0.4) is 0 Å². The molecule has 0 bridgehead atoms. The maximum atomic E-state index is 13.7. The number of carbonyl (C=O) groups excluding carboxylic acids is 1. The summed E-state index contributed by atoms with van der Waals surface area (Å²) in [5, 5.41) is 2.84. The molecular weight excluding hydrogens is 229 g/mol. The van der Waals surface area contributed by atoms with E-state index in [1.807, 2.05) is 6.92 Å². The van der Waals surface area contributed by atoms with Gasteiger partial charge in [-0.2, -0.15) is 0 Å². The van der Waals surface area contributed by atoms with Crippen molar-refractivity contribution in [1.29, 1.82) is 0 Å². The molecule has 0 aliphatic carbocycles. The number of hydrogen-bond acceptors (Lipinski definition) is 1. The monoisotopic (exact) mass is 251 g/mol. The van der Waals surface area contributed by atoms with Crippen LogP contribution in [-0.4, -0.2) is 11.9 Å². The Morgan fingerprint density at radius 1 is 1.39 bits per heavy atom. The minimum atomic E-state index is -0.421. The van der Waals surface area contributed by atoms with E-state index in [9.17, 15) is 9.18 Å². The number of carbonyl (C=O) groups is 1. The Kier molecular flexibility index (Phi) is 5.83. The van der Waals surface area contributed by atoms with Gasteiger partial charge in [0, 0.05) is 6.04 Å². The molecule has 1 N–H and O–H groups in total. The number of rotatable bonds is 6. The molecule has 0 radical (unpaired) electrons. The Labute approximate surface area is 109 Å². The van der Waals surface area contributed by atoms with Crippen molar-refractivity contribution in [2.24, 2.45) is 0 Å². The third-order valence-electron chi connectivity index (χ3n) is 3.05. The van der Waals surface area contributed by atoms with Gasteiger partial charge in [-0.1, -0.05) is 38.3 Å². The molecule has 1 rings (SSSR count). The molecule has 1 amide bonds. The highest BCUT2D eigenvalue weighted by Gasteiger charge is 2.14. The largest absolute Gasteiger partial charge is 0.349 e. The zero-order valence-electron chi connectivity index (χ0n) is 11.4. The summed E-state index contributed by atoms with van der Waals surface area (Å²) < 4.78 is 13.7. The number of unbranched alkanes of at least 4 members (excludes halogenated alkanes) is 2. The molecule has 1 unspecified atom stereocenters. The second kappa shape index (κ2) is 7.14. The van der Waals surface area contributed by atoms with E-state index in [0.29, 0.717) is 5.56 Å². The maximum Gasteiger partial charge on any atom is 0.254 e. The number of nitrogens with one attached hydrogen (secondary N) is 1. The fourth-order valence-electron chi connectivity index (χ4n) is 1.90. The van der Waals surface area contributed by atoms with E-state index in [-0.39, 0.29) is 17.5 Å². The molecule has 2 nitrogen and oxygen atoms in total. The van der Waals surface area contributed by atoms with Crippen LogP contribution < -0.4 is 5.32 Å². The highest BCUT2D eigenvalue weighted by molar-refractivity contribution is 5.94. The lowest BCUT2D eigenvalue weighted by atomic mass is 10.1. The number of halogens is 1. The van der Waals surface area contributed by atoms with Crippen LogP contribution in [0.4, 0.5) is 4.39 Å². The Balaban J connectivity index is 2.57. The van der Waals surface area contributed by atoms with Crippen molar-refractivity contribution in [2.45, 2.75) is 52.5 Å². The average molecular weight is 251 g/mol. The Hall–Kier alpha value is -1.38. The lowest BCUT2D eigenvalue weighted by Crippen LogP contribution is -2.33. The van der Waals surface area contributed by atoms with E-state index < -0.39 is 5.82 Å². The van der Waals surface area contributed by atoms with E-state index in [1.165, 1.54) is 12.5 Å². The normalized spacial score (nSPS) is 12.2. The summed E-state index contributed by atoms with van der Waals surface area (Å²) in [4.78, 5) is 11.9. The summed E-state index contributed by atoms with van der Waals surface area (Å²) in [5.74, 6) is -0.740. The number of aryl methyl sites for hydroxylation is 1. The van der Waals surface area contributed by atoms with Crippen molar-refractivity contribution in [3.8, 4) is 0 Å². The lowest BCUT2D eigenvalue weighted by Gasteiger charge is -2.14. The van der Waals surface area contributed by atoms with Gasteiger partial charge in [-0.15, -0.1) is 0 Å². The SMILES string of the molecule is CCCCCC(C)NC(=O)c1cccc(C)c1F. The molecule has 3 heteroatoms. The summed E-state index contributed by atoms with van der Waals surface area (Å²) in [6, 6.07) is 4.98. The first-order valence-corrected chi connectivity index (χ1v) is 6.62. The van der Waals surface area contributed by atoms with Gasteiger partial charge in [0.15, 0.2) is 0 Å². The number of hydrogen-bond donors (Lipinski definition) is 1. The van der Waals surface area contributed by atoms with Crippen LogP contribution in [0.2, 0.25) is 0 Å². The first kappa shape index (κ1) is 14.7. The Morgan fingerprint density at radius 2 is 2.11 bits per heavy atom. The van der Waals surface area contributed by atoms with Crippen LogP contribution in [-0.2, 0) is 0 Å². The van der Waals surface area contributed by atoms with Crippen molar-refractivity contribution in [2.75, 3.05) is 0 Å². The molecule has 0 saturated carbocycles. The first-order chi connectivity index (χ1) is 8.56. The van der Waals surface area contributed by atoms with Gasteiger partial charge in [0.1, 0.15) is 5.82 Å². The lowest BCUT2D eigenvalue weighted by molar-refractivity contribution is 0.0933. The van der Waals surface area contributed by atoms with Gasteiger partial charge in [0.2, 0.25) is 0 Å². The molecule has 0 aliphatic heterocycles. The van der Waals surface area contributed by atoms with Crippen LogP contribution >= 0.6 is 0 Å².